The number of ether oxygens (including phenoxy) is 2. The summed E-state index contributed by atoms with van der Waals surface area (Å²) in [4.78, 5) is 14.4. The van der Waals surface area contributed by atoms with Gasteiger partial charge in [0.1, 0.15) is 24.4 Å². The first-order chi connectivity index (χ1) is 21.2. The Morgan fingerprint density at radius 1 is 0.848 bits per heavy atom. The van der Waals surface area contributed by atoms with Gasteiger partial charge in [-0.3, -0.25) is 4.79 Å². The number of carbonyl (C=O) groups is 1. The van der Waals surface area contributed by atoms with Gasteiger partial charge in [0.25, 0.3) is 0 Å². The van der Waals surface area contributed by atoms with Gasteiger partial charge < -0.3 is 45.2 Å². The maximum Gasteiger partial charge on any atom is 0.315 e. The monoisotopic (exact) mass is 650 g/mol. The highest BCUT2D eigenvalue weighted by atomic mass is 16.7. The molecule has 0 aromatic carbocycles. The summed E-state index contributed by atoms with van der Waals surface area (Å²) < 4.78 is 11.4. The van der Waals surface area contributed by atoms with Gasteiger partial charge in [0, 0.05) is 5.92 Å². The summed E-state index contributed by atoms with van der Waals surface area (Å²) in [5, 5.41) is 75.3. The summed E-state index contributed by atoms with van der Waals surface area (Å²) in [5.74, 6) is -0.666. The molecule has 5 aliphatic carbocycles. The second-order valence-electron chi connectivity index (χ2n) is 18.0. The smallest absolute Gasteiger partial charge is 0.315 e. The molecule has 1 saturated heterocycles. The number of aliphatic hydroxyl groups excluding tert-OH is 7. The van der Waals surface area contributed by atoms with Crippen LogP contribution < -0.4 is 0 Å². The van der Waals surface area contributed by atoms with Gasteiger partial charge in [-0.25, -0.2) is 0 Å². The van der Waals surface area contributed by atoms with Gasteiger partial charge in [-0.05, 0) is 90.3 Å². The molecule has 6 aliphatic rings. The van der Waals surface area contributed by atoms with Crippen molar-refractivity contribution in [3.63, 3.8) is 0 Å². The zero-order chi connectivity index (χ0) is 34.0. The van der Waals surface area contributed by atoms with Gasteiger partial charge in [-0.1, -0.05) is 60.1 Å². The Morgan fingerprint density at radius 2 is 1.50 bits per heavy atom. The average molecular weight is 651 g/mol. The molecule has 0 bridgehead atoms. The second-order valence-corrected chi connectivity index (χ2v) is 18.0. The molecule has 0 unspecified atom stereocenters. The van der Waals surface area contributed by atoms with Crippen LogP contribution in [0.2, 0.25) is 0 Å². The van der Waals surface area contributed by atoms with Gasteiger partial charge in [0.15, 0.2) is 0 Å². The summed E-state index contributed by atoms with van der Waals surface area (Å²) in [6.07, 6.45) is -2.48. The van der Waals surface area contributed by atoms with Gasteiger partial charge in [-0.15, -0.1) is 0 Å². The van der Waals surface area contributed by atoms with Gasteiger partial charge >= 0.3 is 5.97 Å². The summed E-state index contributed by atoms with van der Waals surface area (Å²) in [7, 11) is 0. The molecule has 10 nitrogen and oxygen atoms in total. The van der Waals surface area contributed by atoms with Crippen LogP contribution in [0.4, 0.5) is 0 Å². The van der Waals surface area contributed by atoms with Crippen LogP contribution in [0.1, 0.15) is 99.8 Å². The summed E-state index contributed by atoms with van der Waals surface area (Å²) >= 11 is 0. The van der Waals surface area contributed by atoms with Crippen LogP contribution in [0.5, 0.6) is 0 Å². The molecule has 0 aromatic heterocycles. The zero-order valence-electron chi connectivity index (χ0n) is 28.6. The number of carbonyl (C=O) groups excluding carboxylic acids is 1. The van der Waals surface area contributed by atoms with Crippen LogP contribution in [0, 0.1) is 50.2 Å². The predicted molar refractivity (Wildman–Crippen MR) is 168 cm³/mol. The van der Waals surface area contributed by atoms with Crippen molar-refractivity contribution in [3.8, 4) is 0 Å². The fraction of sp³-hybridized carbons (Fsp3) is 0.917. The van der Waals surface area contributed by atoms with Crippen LogP contribution in [0.3, 0.4) is 0 Å². The van der Waals surface area contributed by atoms with E-state index in [0.717, 1.165) is 24.8 Å². The highest BCUT2D eigenvalue weighted by molar-refractivity contribution is 5.79. The molecule has 4 saturated carbocycles. The molecule has 1 aliphatic heterocycles. The maximum absolute atomic E-state index is 14.4. The third-order valence-electron chi connectivity index (χ3n) is 15.3. The Kier molecular flexibility index (Phi) is 8.27. The van der Waals surface area contributed by atoms with Crippen LogP contribution >= 0.6 is 0 Å². The highest BCUT2D eigenvalue weighted by Crippen LogP contribution is 2.75. The molecule has 5 fully saturated rings. The van der Waals surface area contributed by atoms with Crippen molar-refractivity contribution in [1.82, 2.24) is 0 Å². The minimum absolute atomic E-state index is 0.185. The van der Waals surface area contributed by atoms with E-state index in [-0.39, 0.29) is 28.1 Å². The van der Waals surface area contributed by atoms with Gasteiger partial charge in [-0.2, -0.15) is 0 Å². The molecular formula is C36H58O10. The third-order valence-corrected chi connectivity index (χ3v) is 15.3. The predicted octanol–water partition coefficient (Wildman–Crippen LogP) is 2.43. The van der Waals surface area contributed by atoms with E-state index >= 15 is 0 Å². The molecule has 0 radical (unpaired) electrons. The van der Waals surface area contributed by atoms with Crippen LogP contribution in [0.25, 0.3) is 0 Å². The van der Waals surface area contributed by atoms with Crippen molar-refractivity contribution in [1.29, 1.82) is 0 Å². The largest absolute Gasteiger partial charge is 0.432 e. The number of fused-ring (bicyclic) bond motifs is 7. The lowest BCUT2D eigenvalue weighted by Gasteiger charge is -2.71. The summed E-state index contributed by atoms with van der Waals surface area (Å²) in [6.45, 7) is 14.6. The van der Waals surface area contributed by atoms with E-state index in [2.05, 4.69) is 40.7 Å². The molecule has 262 valence electrons. The fourth-order valence-electron chi connectivity index (χ4n) is 12.1. The highest BCUT2D eigenvalue weighted by Gasteiger charge is 2.71. The zero-order valence-corrected chi connectivity index (χ0v) is 28.6. The van der Waals surface area contributed by atoms with E-state index in [1.54, 1.807) is 0 Å². The maximum atomic E-state index is 14.4. The Bertz CT molecular complexity index is 1250. The molecule has 0 aromatic rings. The first kappa shape index (κ1) is 34.7. The van der Waals surface area contributed by atoms with Crippen LogP contribution in [-0.4, -0.2) is 97.3 Å². The number of hydrogen-bond donors (Lipinski definition) is 7. The van der Waals surface area contributed by atoms with E-state index in [4.69, 9.17) is 9.47 Å². The molecule has 15 atom stereocenters. The lowest BCUT2D eigenvalue weighted by Crippen LogP contribution is -2.68. The van der Waals surface area contributed by atoms with Crippen molar-refractivity contribution < 1.29 is 50.0 Å². The van der Waals surface area contributed by atoms with E-state index < -0.39 is 83.8 Å². The fourth-order valence-corrected chi connectivity index (χ4v) is 12.1. The molecule has 1 heterocycles. The molecule has 6 rings (SSSR count). The first-order valence-electron chi connectivity index (χ1n) is 17.5. The third kappa shape index (κ3) is 4.46. The minimum atomic E-state index is -1.70. The normalized spacial score (nSPS) is 54.3. The number of rotatable bonds is 3. The van der Waals surface area contributed by atoms with E-state index in [1.807, 2.05) is 13.8 Å². The number of esters is 1. The quantitative estimate of drug-likeness (QED) is 0.177. The molecule has 0 spiro atoms. The second kappa shape index (κ2) is 10.9. The SMILES string of the molecule is CC1(C)CC[C@]2(C(=O)O[C@@H]3O[C@H](CO)[C@@H](O)[C@H](O)[C@H]3O)CC[C@]3(C)C(=CC[C@H]4[C@@]5(C)C[C@@H](O)[C@H](O)C(C)(C)[C@@H]5CC[C@]43C)[C@H]2[C@@H]1O. The number of aliphatic hydroxyl groups is 7. The average Bonchev–Trinajstić information content (AvgIpc) is 2.98. The van der Waals surface area contributed by atoms with Crippen molar-refractivity contribution in [2.45, 2.75) is 149 Å². The van der Waals surface area contributed by atoms with Crippen LogP contribution in [-0.2, 0) is 14.3 Å². The molecule has 10 heteroatoms. The Hall–Kier alpha value is -1.11. The van der Waals surface area contributed by atoms with Crippen molar-refractivity contribution >= 4 is 5.97 Å². The van der Waals surface area contributed by atoms with Gasteiger partial charge in [0.05, 0.1) is 30.3 Å². The van der Waals surface area contributed by atoms with Crippen molar-refractivity contribution in [2.75, 3.05) is 6.61 Å². The number of allylic oxidation sites excluding steroid dienone is 1. The van der Waals surface area contributed by atoms with Gasteiger partial charge in [0.2, 0.25) is 6.29 Å². The van der Waals surface area contributed by atoms with E-state index in [0.29, 0.717) is 32.1 Å². The molecule has 0 amide bonds. The van der Waals surface area contributed by atoms with E-state index in [9.17, 15) is 40.5 Å². The molecule has 46 heavy (non-hydrogen) atoms. The first-order valence-corrected chi connectivity index (χ1v) is 17.5. The Morgan fingerprint density at radius 3 is 2.15 bits per heavy atom. The summed E-state index contributed by atoms with van der Waals surface area (Å²) in [6, 6.07) is 0. The van der Waals surface area contributed by atoms with E-state index in [1.165, 1.54) is 0 Å². The lowest BCUT2D eigenvalue weighted by molar-refractivity contribution is -0.298. The topological polar surface area (TPSA) is 177 Å². The van der Waals surface area contributed by atoms with Crippen LogP contribution in [0.15, 0.2) is 11.6 Å². The van der Waals surface area contributed by atoms with Crippen molar-refractivity contribution in [2.24, 2.45) is 50.2 Å². The Labute approximate surface area is 273 Å². The molecular weight excluding hydrogens is 592 g/mol. The Balaban J connectivity index is 1.39. The standard InChI is InChI=1S/C36H58O10/c1-31(2)12-14-36(30(44)46-29-26(41)25(40)24(39)20(17-37)45-29)15-13-34(6)18(23(36)28(31)43)8-9-22-33(5)16-19(38)27(42)32(3,4)21(33)10-11-35(22,34)7/h8,19-29,37-43H,9-17H2,1-7H3/t19-,20-,21+,22+,23+,24-,25+,26-,27+,28+,29+,33+,34-,35-,36+/m1/s1. The number of hydrogen-bond acceptors (Lipinski definition) is 10. The van der Waals surface area contributed by atoms with Crippen molar-refractivity contribution in [3.05, 3.63) is 11.6 Å². The minimum Gasteiger partial charge on any atom is -0.432 e. The summed E-state index contributed by atoms with van der Waals surface area (Å²) in [5.41, 5.74) is -1.64. The molecule has 7 N–H and O–H groups in total. The lowest BCUT2D eigenvalue weighted by atomic mass is 9.33.